The second kappa shape index (κ2) is 10.5. The number of amides is 1. The highest BCUT2D eigenvalue weighted by Crippen LogP contribution is 2.44. The van der Waals surface area contributed by atoms with Gasteiger partial charge in [-0.15, -0.1) is 15.7 Å². The van der Waals surface area contributed by atoms with Gasteiger partial charge in [-0.2, -0.15) is 27.0 Å². The van der Waals surface area contributed by atoms with E-state index in [1.54, 1.807) is 0 Å². The van der Waals surface area contributed by atoms with E-state index < -0.39 is 27.2 Å². The maximum atomic E-state index is 14.3. The molecule has 5 nitrogen and oxygen atoms in total. The lowest BCUT2D eigenvalue weighted by Crippen LogP contribution is -2.17. The molecule has 1 unspecified atom stereocenters. The van der Waals surface area contributed by atoms with Crippen molar-refractivity contribution in [3.8, 4) is 0 Å². The van der Waals surface area contributed by atoms with E-state index in [9.17, 15) is 22.9 Å². The molecule has 0 spiro atoms. The fourth-order valence-electron chi connectivity index (χ4n) is 3.39. The van der Waals surface area contributed by atoms with Gasteiger partial charge in [-0.3, -0.25) is 4.79 Å². The molecule has 0 saturated heterocycles. The largest absolute Gasteiger partial charge is 0.385 e. The summed E-state index contributed by atoms with van der Waals surface area (Å²) in [6, 6.07) is 3.91. The zero-order valence-corrected chi connectivity index (χ0v) is 22.0. The molecule has 2 aromatic rings. The normalized spacial score (nSPS) is 15.5. The van der Waals surface area contributed by atoms with E-state index in [4.69, 9.17) is 5.14 Å². The Balaban J connectivity index is 0.00000256. The fraction of sp³-hybridized carbons (Fsp3) is 0.476. The van der Waals surface area contributed by atoms with E-state index in [0.29, 0.717) is 11.1 Å². The Labute approximate surface area is 206 Å². The van der Waals surface area contributed by atoms with Crippen molar-refractivity contribution in [1.29, 1.82) is 0 Å². The molecule has 3 N–H and O–H groups in total. The third kappa shape index (κ3) is 6.54. The Morgan fingerprint density at radius 1 is 1.28 bits per heavy atom. The first-order chi connectivity index (χ1) is 13.8. The minimum Gasteiger partial charge on any atom is -0.385 e. The minimum absolute atomic E-state index is 0. The van der Waals surface area contributed by atoms with Crippen LogP contribution in [0, 0.1) is 11.6 Å². The summed E-state index contributed by atoms with van der Waals surface area (Å²) in [7, 11) is -3.82. The summed E-state index contributed by atoms with van der Waals surface area (Å²) in [5.74, 6) is -1.80. The highest BCUT2D eigenvalue weighted by molar-refractivity contribution is 7.93. The maximum Gasteiger partial charge on any atom is 0.259 e. The van der Waals surface area contributed by atoms with Crippen LogP contribution >= 0.6 is 38.3 Å². The molecular formula is C21H30F2N2O3S4. The van der Waals surface area contributed by atoms with Crippen LogP contribution in [0.25, 0.3) is 0 Å². The van der Waals surface area contributed by atoms with E-state index in [0.717, 1.165) is 35.8 Å². The number of rotatable bonds is 6. The number of aliphatic hydroxyl groups is 1. The lowest BCUT2D eigenvalue weighted by Gasteiger charge is -2.17. The number of benzene rings is 1. The van der Waals surface area contributed by atoms with Gasteiger partial charge in [0.15, 0.2) is 19.9 Å². The van der Waals surface area contributed by atoms with Crippen molar-refractivity contribution in [2.45, 2.75) is 68.6 Å². The second-order valence-electron chi connectivity index (χ2n) is 8.53. The number of thiophene rings is 1. The van der Waals surface area contributed by atoms with Crippen LogP contribution < -0.4 is 5.14 Å². The molecule has 32 heavy (non-hydrogen) atoms. The molecule has 1 aromatic heterocycles. The molecule has 1 amide bonds. The average Bonchev–Trinajstić information content (AvgIpc) is 3.35. The summed E-state index contributed by atoms with van der Waals surface area (Å²) < 4.78 is 44.6. The van der Waals surface area contributed by atoms with Crippen molar-refractivity contribution >= 4 is 54.2 Å². The molecule has 1 fully saturated rings. The second-order valence-corrected chi connectivity index (χ2v) is 11.6. The number of nitrogens with zero attached hydrogens (tertiary/aromatic N) is 1. The van der Waals surface area contributed by atoms with Crippen molar-refractivity contribution in [3.05, 3.63) is 51.4 Å². The summed E-state index contributed by atoms with van der Waals surface area (Å²) in [6.07, 6.45) is 1.67. The van der Waals surface area contributed by atoms with Crippen molar-refractivity contribution in [1.82, 2.24) is 0 Å². The van der Waals surface area contributed by atoms with Crippen LogP contribution in [0.4, 0.5) is 8.78 Å². The Bertz CT molecular complexity index is 1090. The summed E-state index contributed by atoms with van der Waals surface area (Å²) in [6.45, 7) is 6.73. The molecule has 1 heterocycles. The van der Waals surface area contributed by atoms with Crippen LogP contribution in [0.1, 0.15) is 73.9 Å². The molecule has 1 aromatic carbocycles. The van der Waals surface area contributed by atoms with Crippen LogP contribution in [0.2, 0.25) is 0 Å². The van der Waals surface area contributed by atoms with Gasteiger partial charge >= 0.3 is 0 Å². The Morgan fingerprint density at radius 2 is 1.88 bits per heavy atom. The summed E-state index contributed by atoms with van der Waals surface area (Å²) in [5, 5.41) is 15.8. The van der Waals surface area contributed by atoms with E-state index in [2.05, 4.69) is 4.36 Å². The van der Waals surface area contributed by atoms with E-state index in [1.165, 1.54) is 26.0 Å². The third-order valence-electron chi connectivity index (χ3n) is 5.01. The Morgan fingerprint density at radius 3 is 2.34 bits per heavy atom. The van der Waals surface area contributed by atoms with Crippen LogP contribution in [0.3, 0.4) is 0 Å². The SMILES string of the molecule is CC(C)c1cc(F)cc(C2CC2)c1CC(=O)N=S(N)(=O)c1sc(C(C)(C)O)cc1F.S.S. The highest BCUT2D eigenvalue weighted by Gasteiger charge is 2.30. The van der Waals surface area contributed by atoms with Gasteiger partial charge in [-0.1, -0.05) is 13.8 Å². The minimum atomic E-state index is -3.82. The van der Waals surface area contributed by atoms with Crippen molar-refractivity contribution in [2.24, 2.45) is 9.50 Å². The molecule has 1 saturated carbocycles. The summed E-state index contributed by atoms with van der Waals surface area (Å²) >= 11 is 0.729. The smallest absolute Gasteiger partial charge is 0.259 e. The molecular weight excluding hydrogens is 495 g/mol. The molecule has 1 aliphatic carbocycles. The maximum absolute atomic E-state index is 14.3. The van der Waals surface area contributed by atoms with Gasteiger partial charge in [-0.25, -0.2) is 18.1 Å². The number of carbonyl (C=O) groups excluding carboxylic acids is 1. The monoisotopic (exact) mass is 524 g/mol. The van der Waals surface area contributed by atoms with E-state index >= 15 is 0 Å². The molecule has 0 aliphatic heterocycles. The lowest BCUT2D eigenvalue weighted by molar-refractivity contribution is -0.117. The van der Waals surface area contributed by atoms with Crippen LogP contribution in [0.5, 0.6) is 0 Å². The van der Waals surface area contributed by atoms with Crippen LogP contribution in [-0.2, 0) is 26.7 Å². The van der Waals surface area contributed by atoms with Crippen molar-refractivity contribution < 1.29 is 22.9 Å². The van der Waals surface area contributed by atoms with Gasteiger partial charge in [0.2, 0.25) is 0 Å². The van der Waals surface area contributed by atoms with Gasteiger partial charge < -0.3 is 5.11 Å². The van der Waals surface area contributed by atoms with Crippen molar-refractivity contribution in [3.63, 3.8) is 0 Å². The molecule has 3 rings (SSSR count). The Kier molecular flexibility index (Phi) is 9.55. The number of hydrogen-bond acceptors (Lipinski definition) is 4. The van der Waals surface area contributed by atoms with Gasteiger partial charge in [0, 0.05) is 4.88 Å². The molecule has 1 atom stereocenters. The van der Waals surface area contributed by atoms with Crippen LogP contribution in [0.15, 0.2) is 26.8 Å². The van der Waals surface area contributed by atoms with Gasteiger partial charge in [0.1, 0.15) is 5.82 Å². The van der Waals surface area contributed by atoms with Crippen molar-refractivity contribution in [2.75, 3.05) is 0 Å². The molecule has 11 heteroatoms. The zero-order valence-electron chi connectivity index (χ0n) is 18.4. The predicted octanol–water partition coefficient (Wildman–Crippen LogP) is 4.95. The number of nitrogens with two attached hydrogens (primary N) is 1. The van der Waals surface area contributed by atoms with E-state index in [-0.39, 0.29) is 60.2 Å². The summed E-state index contributed by atoms with van der Waals surface area (Å²) in [4.78, 5) is 12.9. The molecule has 0 bridgehead atoms. The van der Waals surface area contributed by atoms with Gasteiger partial charge in [0.25, 0.3) is 5.91 Å². The summed E-state index contributed by atoms with van der Waals surface area (Å²) in [5.41, 5.74) is 0.817. The van der Waals surface area contributed by atoms with Gasteiger partial charge in [0.05, 0.1) is 12.0 Å². The lowest BCUT2D eigenvalue weighted by atomic mass is 9.89. The first-order valence-electron chi connectivity index (χ1n) is 9.71. The zero-order chi connectivity index (χ0) is 22.4. The predicted molar refractivity (Wildman–Crippen MR) is 134 cm³/mol. The molecule has 180 valence electrons. The fourth-order valence-corrected chi connectivity index (χ4v) is 5.80. The average molecular weight is 525 g/mol. The van der Waals surface area contributed by atoms with Crippen LogP contribution in [-0.4, -0.2) is 15.2 Å². The Hall–Kier alpha value is -0.980. The van der Waals surface area contributed by atoms with E-state index in [1.807, 2.05) is 13.8 Å². The topological polar surface area (TPSA) is 92.8 Å². The standard InChI is InChI=1S/C21H26F2N2O3S2.2H2S/c1-11(2)14-7-13(22)8-15(12-5-6-12)16(14)9-19(26)25-30(24,28)20-17(23)10-18(29-20)21(3,4)27;;/h7-8,10-12,27H,5-6,9H2,1-4H3,(H2,24,25,26,28);2*1H2. The first-order valence-corrected chi connectivity index (χ1v) is 12.1. The van der Waals surface area contributed by atoms with Gasteiger partial charge in [-0.05, 0) is 73.4 Å². The highest BCUT2D eigenvalue weighted by atomic mass is 32.2. The molecule has 1 aliphatic rings. The number of carbonyl (C=O) groups is 1. The molecule has 0 radical (unpaired) electrons. The quantitative estimate of drug-likeness (QED) is 0.560. The third-order valence-corrected chi connectivity index (χ3v) is 8.40. The number of hydrogen-bond donors (Lipinski definition) is 2. The number of halogens is 2. The first kappa shape index (κ1) is 29.1.